The second-order valence-corrected chi connectivity index (χ2v) is 8.75. The Balaban J connectivity index is 1.88. The maximum atomic E-state index is 13.5. The minimum atomic E-state index is -0.707. The third kappa shape index (κ3) is 6.84. The predicted octanol–water partition coefficient (Wildman–Crippen LogP) is 4.53. The van der Waals surface area contributed by atoms with Crippen molar-refractivity contribution in [3.63, 3.8) is 0 Å². The third-order valence-electron chi connectivity index (χ3n) is 5.50. The summed E-state index contributed by atoms with van der Waals surface area (Å²) < 4.78 is 12.1. The minimum absolute atomic E-state index is 0.187. The number of carbonyl (C=O) groups is 2. The Hall–Kier alpha value is -3.32. The molecule has 0 spiro atoms. The van der Waals surface area contributed by atoms with Crippen LogP contribution in [0, 0.1) is 6.92 Å². The molecule has 0 radical (unpaired) electrons. The molecule has 7 heteroatoms. The minimum Gasteiger partial charge on any atom is -0.497 e. The largest absolute Gasteiger partial charge is 0.497 e. The Bertz CT molecular complexity index is 1120. The molecular formula is C27H29BrN2O4. The van der Waals surface area contributed by atoms with Gasteiger partial charge in [0.1, 0.15) is 17.5 Å². The van der Waals surface area contributed by atoms with E-state index in [0.717, 1.165) is 21.2 Å². The number of nitrogens with one attached hydrogen (secondary N) is 1. The zero-order valence-electron chi connectivity index (χ0n) is 19.6. The smallest absolute Gasteiger partial charge is 0.261 e. The molecule has 34 heavy (non-hydrogen) atoms. The topological polar surface area (TPSA) is 67.9 Å². The lowest BCUT2D eigenvalue weighted by molar-refractivity contribution is -0.142. The van der Waals surface area contributed by atoms with Gasteiger partial charge in [0, 0.05) is 24.5 Å². The van der Waals surface area contributed by atoms with Gasteiger partial charge in [-0.15, -0.1) is 0 Å². The molecule has 0 fully saturated rings. The zero-order valence-corrected chi connectivity index (χ0v) is 21.2. The summed E-state index contributed by atoms with van der Waals surface area (Å²) in [4.78, 5) is 28.0. The second kappa shape index (κ2) is 12.2. The number of rotatable bonds is 10. The van der Waals surface area contributed by atoms with Crippen molar-refractivity contribution >= 4 is 27.7 Å². The summed E-state index contributed by atoms with van der Waals surface area (Å²) in [6, 6.07) is 22.0. The normalized spacial score (nSPS) is 11.4. The number of hydrogen-bond acceptors (Lipinski definition) is 4. The van der Waals surface area contributed by atoms with Gasteiger partial charge >= 0.3 is 0 Å². The van der Waals surface area contributed by atoms with Crippen LogP contribution in [0.3, 0.4) is 0 Å². The summed E-state index contributed by atoms with van der Waals surface area (Å²) in [7, 11) is 3.18. The average molecular weight is 525 g/mol. The second-order valence-electron chi connectivity index (χ2n) is 7.89. The number of amides is 2. The van der Waals surface area contributed by atoms with Gasteiger partial charge in [0.05, 0.1) is 7.11 Å². The standard InChI is InChI=1S/C27H29BrN2O4/c1-19-14-23(12-13-24(19)28)34-18-26(31)30(17-21-10-7-11-22(15-21)33-3)25(27(32)29-2)16-20-8-5-4-6-9-20/h4-15,25H,16-18H2,1-3H3,(H,29,32)/t25-/m0/s1. The van der Waals surface area contributed by atoms with Crippen LogP contribution in [0.15, 0.2) is 77.3 Å². The van der Waals surface area contributed by atoms with E-state index in [1.54, 1.807) is 25.1 Å². The summed E-state index contributed by atoms with van der Waals surface area (Å²) in [6.07, 6.45) is 0.383. The monoisotopic (exact) mass is 524 g/mol. The number of halogens is 1. The molecule has 0 unspecified atom stereocenters. The van der Waals surface area contributed by atoms with Crippen LogP contribution in [0.1, 0.15) is 16.7 Å². The van der Waals surface area contributed by atoms with Gasteiger partial charge in [-0.05, 0) is 53.9 Å². The van der Waals surface area contributed by atoms with Gasteiger partial charge in [-0.2, -0.15) is 0 Å². The number of methoxy groups -OCH3 is 1. The van der Waals surface area contributed by atoms with Gasteiger partial charge in [0.25, 0.3) is 5.91 Å². The fourth-order valence-corrected chi connectivity index (χ4v) is 3.87. The van der Waals surface area contributed by atoms with Crippen molar-refractivity contribution in [2.24, 2.45) is 0 Å². The van der Waals surface area contributed by atoms with Crippen molar-refractivity contribution in [3.8, 4) is 11.5 Å². The molecule has 0 saturated carbocycles. The molecule has 3 aromatic carbocycles. The predicted molar refractivity (Wildman–Crippen MR) is 136 cm³/mol. The maximum Gasteiger partial charge on any atom is 0.261 e. The number of carbonyl (C=O) groups excluding carboxylic acids is 2. The van der Waals surface area contributed by atoms with E-state index in [1.807, 2.05) is 73.7 Å². The summed E-state index contributed by atoms with van der Waals surface area (Å²) in [5.74, 6) is 0.758. The lowest BCUT2D eigenvalue weighted by Gasteiger charge is -2.31. The fourth-order valence-electron chi connectivity index (χ4n) is 3.62. The van der Waals surface area contributed by atoms with E-state index in [1.165, 1.54) is 0 Å². The molecule has 2 amide bonds. The highest BCUT2D eigenvalue weighted by atomic mass is 79.9. The molecule has 3 aromatic rings. The Kier molecular flexibility index (Phi) is 9.10. The van der Waals surface area contributed by atoms with Crippen LogP contribution in [-0.4, -0.2) is 43.5 Å². The van der Waals surface area contributed by atoms with Crippen molar-refractivity contribution in [1.82, 2.24) is 10.2 Å². The summed E-state index contributed by atoms with van der Waals surface area (Å²) in [5.41, 5.74) is 2.82. The van der Waals surface area contributed by atoms with Crippen molar-refractivity contribution in [3.05, 3.63) is 94.0 Å². The first-order valence-electron chi connectivity index (χ1n) is 11.0. The Labute approximate surface area is 209 Å². The van der Waals surface area contributed by atoms with E-state index in [4.69, 9.17) is 9.47 Å². The maximum absolute atomic E-state index is 13.5. The molecule has 0 aliphatic carbocycles. The van der Waals surface area contributed by atoms with Crippen LogP contribution in [0.5, 0.6) is 11.5 Å². The quantitative estimate of drug-likeness (QED) is 0.423. The number of aryl methyl sites for hydroxylation is 1. The molecule has 0 bridgehead atoms. The Morgan fingerprint density at radius 1 is 0.971 bits per heavy atom. The first-order chi connectivity index (χ1) is 16.4. The highest BCUT2D eigenvalue weighted by Crippen LogP contribution is 2.22. The van der Waals surface area contributed by atoms with E-state index in [2.05, 4.69) is 21.2 Å². The average Bonchev–Trinajstić information content (AvgIpc) is 2.86. The number of benzene rings is 3. The fraction of sp³-hybridized carbons (Fsp3) is 0.259. The highest BCUT2D eigenvalue weighted by Gasteiger charge is 2.30. The van der Waals surface area contributed by atoms with Crippen LogP contribution in [-0.2, 0) is 22.6 Å². The number of likely N-dealkylation sites (N-methyl/N-ethyl adjacent to an activating group) is 1. The molecule has 0 heterocycles. The molecule has 0 aliphatic heterocycles. The number of ether oxygens (including phenoxy) is 2. The zero-order chi connectivity index (χ0) is 24.5. The Morgan fingerprint density at radius 3 is 2.38 bits per heavy atom. The van der Waals surface area contributed by atoms with Crippen LogP contribution in [0.25, 0.3) is 0 Å². The molecule has 3 rings (SSSR count). The molecule has 0 aliphatic rings. The summed E-state index contributed by atoms with van der Waals surface area (Å²) in [6.45, 7) is 2.01. The molecule has 1 N–H and O–H groups in total. The molecular weight excluding hydrogens is 496 g/mol. The molecule has 0 aromatic heterocycles. The molecule has 0 saturated heterocycles. The van der Waals surface area contributed by atoms with Crippen molar-refractivity contribution < 1.29 is 19.1 Å². The third-order valence-corrected chi connectivity index (χ3v) is 6.39. The van der Waals surface area contributed by atoms with Crippen LogP contribution >= 0.6 is 15.9 Å². The molecule has 178 valence electrons. The van der Waals surface area contributed by atoms with Gasteiger partial charge in [0.15, 0.2) is 6.61 Å². The van der Waals surface area contributed by atoms with E-state index < -0.39 is 6.04 Å². The van der Waals surface area contributed by atoms with Gasteiger partial charge in [-0.1, -0.05) is 58.4 Å². The van der Waals surface area contributed by atoms with Gasteiger partial charge in [0.2, 0.25) is 5.91 Å². The van der Waals surface area contributed by atoms with Gasteiger partial charge in [-0.25, -0.2) is 0 Å². The van der Waals surface area contributed by atoms with E-state index in [-0.39, 0.29) is 25.0 Å². The molecule has 6 nitrogen and oxygen atoms in total. The molecule has 1 atom stereocenters. The van der Waals surface area contributed by atoms with Gasteiger partial charge < -0.3 is 19.7 Å². The summed E-state index contributed by atoms with van der Waals surface area (Å²) >= 11 is 3.47. The highest BCUT2D eigenvalue weighted by molar-refractivity contribution is 9.10. The first kappa shape index (κ1) is 25.3. The van der Waals surface area contributed by atoms with Crippen molar-refractivity contribution in [1.29, 1.82) is 0 Å². The summed E-state index contributed by atoms with van der Waals surface area (Å²) in [5, 5.41) is 2.71. The lowest BCUT2D eigenvalue weighted by atomic mass is 10.0. The van der Waals surface area contributed by atoms with Crippen molar-refractivity contribution in [2.75, 3.05) is 20.8 Å². The first-order valence-corrected chi connectivity index (χ1v) is 11.8. The number of nitrogens with zero attached hydrogens (tertiary/aromatic N) is 1. The lowest BCUT2D eigenvalue weighted by Crippen LogP contribution is -2.51. The van der Waals surface area contributed by atoms with E-state index >= 15 is 0 Å². The van der Waals surface area contributed by atoms with Gasteiger partial charge in [-0.3, -0.25) is 9.59 Å². The number of hydrogen-bond donors (Lipinski definition) is 1. The van der Waals surface area contributed by atoms with Crippen LogP contribution in [0.2, 0.25) is 0 Å². The Morgan fingerprint density at radius 2 is 1.71 bits per heavy atom. The van der Waals surface area contributed by atoms with Crippen molar-refractivity contribution in [2.45, 2.75) is 25.9 Å². The van der Waals surface area contributed by atoms with Crippen LogP contribution in [0.4, 0.5) is 0 Å². The van der Waals surface area contributed by atoms with E-state index in [0.29, 0.717) is 17.9 Å². The SMILES string of the molecule is CNC(=O)[C@H](Cc1ccccc1)N(Cc1cccc(OC)c1)C(=O)COc1ccc(Br)c(C)c1. The van der Waals surface area contributed by atoms with Crippen LogP contribution < -0.4 is 14.8 Å². The van der Waals surface area contributed by atoms with E-state index in [9.17, 15) is 9.59 Å².